The molecule has 1 fully saturated rings. The molecule has 3 N–H and O–H groups in total. The van der Waals surface area contributed by atoms with Crippen molar-refractivity contribution in [2.75, 3.05) is 19.6 Å². The van der Waals surface area contributed by atoms with E-state index in [0.29, 0.717) is 18.0 Å². The van der Waals surface area contributed by atoms with E-state index in [1.165, 1.54) is 5.56 Å². The first kappa shape index (κ1) is 19.1. The molecular weight excluding hydrogens is 338 g/mol. The molecule has 0 aromatic heterocycles. The van der Waals surface area contributed by atoms with E-state index in [1.807, 2.05) is 23.1 Å². The van der Waals surface area contributed by atoms with E-state index in [2.05, 4.69) is 29.6 Å². The highest BCUT2D eigenvalue weighted by molar-refractivity contribution is 5.96. The molecule has 2 aromatic carbocycles. The van der Waals surface area contributed by atoms with E-state index < -0.39 is 0 Å². The molecule has 3 rings (SSSR count). The number of nitrogens with one attached hydrogen (secondary N) is 1. The van der Waals surface area contributed by atoms with E-state index >= 15 is 0 Å². The van der Waals surface area contributed by atoms with E-state index in [1.54, 1.807) is 12.1 Å². The van der Waals surface area contributed by atoms with Crippen molar-refractivity contribution >= 4 is 11.8 Å². The number of amides is 2. The summed E-state index contributed by atoms with van der Waals surface area (Å²) in [5.74, 6) is 0.373. The third-order valence-corrected chi connectivity index (χ3v) is 5.19. The minimum absolute atomic E-state index is 0.0138. The van der Waals surface area contributed by atoms with Crippen molar-refractivity contribution in [3.05, 3.63) is 71.3 Å². The smallest absolute Gasteiger partial charge is 0.251 e. The minimum atomic E-state index is -0.231. The van der Waals surface area contributed by atoms with Crippen molar-refractivity contribution in [1.82, 2.24) is 10.2 Å². The Morgan fingerprint density at radius 2 is 1.63 bits per heavy atom. The number of nitrogens with two attached hydrogens (primary N) is 1. The number of piperidine rings is 1. The molecule has 142 valence electrons. The Balaban J connectivity index is 1.42. The molecule has 0 aliphatic carbocycles. The fraction of sp³-hybridized carbons (Fsp3) is 0.364. The van der Waals surface area contributed by atoms with Gasteiger partial charge in [-0.2, -0.15) is 0 Å². The SMILES string of the molecule is NCc1ccc(C(=O)NCC(=O)N2CCC(Cc3ccccc3)CC2)cc1. The molecule has 0 radical (unpaired) electrons. The number of benzene rings is 2. The molecule has 2 aromatic rings. The van der Waals surface area contributed by atoms with Crippen LogP contribution in [0, 0.1) is 5.92 Å². The molecule has 0 unspecified atom stereocenters. The minimum Gasteiger partial charge on any atom is -0.343 e. The van der Waals surface area contributed by atoms with E-state index in [-0.39, 0.29) is 18.4 Å². The predicted molar refractivity (Wildman–Crippen MR) is 106 cm³/mol. The average molecular weight is 365 g/mol. The molecule has 5 heteroatoms. The summed E-state index contributed by atoms with van der Waals surface area (Å²) in [5, 5.41) is 2.72. The largest absolute Gasteiger partial charge is 0.343 e. The van der Waals surface area contributed by atoms with Crippen LogP contribution in [0.3, 0.4) is 0 Å². The van der Waals surface area contributed by atoms with Crippen LogP contribution in [0.5, 0.6) is 0 Å². The zero-order valence-electron chi connectivity index (χ0n) is 15.6. The van der Waals surface area contributed by atoms with Crippen molar-refractivity contribution in [2.24, 2.45) is 11.7 Å². The van der Waals surface area contributed by atoms with Gasteiger partial charge in [0, 0.05) is 25.2 Å². The van der Waals surface area contributed by atoms with Crippen molar-refractivity contribution in [3.8, 4) is 0 Å². The Hall–Kier alpha value is -2.66. The van der Waals surface area contributed by atoms with Gasteiger partial charge in [-0.25, -0.2) is 0 Å². The van der Waals surface area contributed by atoms with E-state index in [9.17, 15) is 9.59 Å². The quantitative estimate of drug-likeness (QED) is 0.825. The Morgan fingerprint density at radius 3 is 2.26 bits per heavy atom. The zero-order chi connectivity index (χ0) is 19.1. The average Bonchev–Trinajstić information content (AvgIpc) is 2.73. The lowest BCUT2D eigenvalue weighted by Crippen LogP contribution is -2.44. The van der Waals surface area contributed by atoms with Crippen LogP contribution in [0.25, 0.3) is 0 Å². The fourth-order valence-electron chi connectivity index (χ4n) is 3.50. The topological polar surface area (TPSA) is 75.4 Å². The first-order chi connectivity index (χ1) is 13.2. The first-order valence-corrected chi connectivity index (χ1v) is 9.54. The van der Waals surface area contributed by atoms with Crippen LogP contribution in [0.2, 0.25) is 0 Å². The molecule has 1 aliphatic heterocycles. The summed E-state index contributed by atoms with van der Waals surface area (Å²) in [6, 6.07) is 17.6. The number of likely N-dealkylation sites (tertiary alicyclic amines) is 1. The highest BCUT2D eigenvalue weighted by Gasteiger charge is 2.23. The number of rotatable bonds is 6. The van der Waals surface area contributed by atoms with Crippen molar-refractivity contribution in [1.29, 1.82) is 0 Å². The van der Waals surface area contributed by atoms with Gasteiger partial charge in [0.1, 0.15) is 0 Å². The monoisotopic (exact) mass is 365 g/mol. The molecule has 1 heterocycles. The second kappa shape index (κ2) is 9.33. The Bertz CT molecular complexity index is 751. The molecule has 1 saturated heterocycles. The number of nitrogens with zero attached hydrogens (tertiary/aromatic N) is 1. The third-order valence-electron chi connectivity index (χ3n) is 5.19. The van der Waals surface area contributed by atoms with Gasteiger partial charge in [0.05, 0.1) is 6.54 Å². The van der Waals surface area contributed by atoms with Gasteiger partial charge in [0.15, 0.2) is 0 Å². The Kier molecular flexibility index (Phi) is 6.60. The maximum atomic E-state index is 12.4. The van der Waals surface area contributed by atoms with Crippen molar-refractivity contribution < 1.29 is 9.59 Å². The van der Waals surface area contributed by atoms with Gasteiger partial charge >= 0.3 is 0 Å². The maximum Gasteiger partial charge on any atom is 0.251 e. The molecule has 27 heavy (non-hydrogen) atoms. The summed E-state index contributed by atoms with van der Waals surface area (Å²) in [7, 11) is 0. The molecule has 2 amide bonds. The highest BCUT2D eigenvalue weighted by atomic mass is 16.2. The lowest BCUT2D eigenvalue weighted by Gasteiger charge is -2.32. The van der Waals surface area contributed by atoms with Crippen LogP contribution in [-0.2, 0) is 17.8 Å². The summed E-state index contributed by atoms with van der Waals surface area (Å²) >= 11 is 0. The van der Waals surface area contributed by atoms with Gasteiger partial charge < -0.3 is 16.0 Å². The van der Waals surface area contributed by atoms with Crippen LogP contribution in [0.15, 0.2) is 54.6 Å². The molecular formula is C22H27N3O2. The van der Waals surface area contributed by atoms with Gasteiger partial charge in [-0.05, 0) is 48.4 Å². The van der Waals surface area contributed by atoms with Crippen LogP contribution in [-0.4, -0.2) is 36.3 Å². The standard InChI is InChI=1S/C22H27N3O2/c23-15-19-6-8-20(9-7-19)22(27)24-16-21(26)25-12-10-18(11-13-25)14-17-4-2-1-3-5-17/h1-9,18H,10-16,23H2,(H,24,27). The molecule has 0 spiro atoms. The van der Waals surface area contributed by atoms with Gasteiger partial charge in [-0.3, -0.25) is 9.59 Å². The summed E-state index contributed by atoms with van der Waals surface area (Å²) < 4.78 is 0. The number of carbonyl (C=O) groups is 2. The lowest BCUT2D eigenvalue weighted by molar-refractivity contribution is -0.131. The van der Waals surface area contributed by atoms with Crippen molar-refractivity contribution in [2.45, 2.75) is 25.8 Å². The van der Waals surface area contributed by atoms with Crippen LogP contribution in [0.4, 0.5) is 0 Å². The summed E-state index contributed by atoms with van der Waals surface area (Å²) in [4.78, 5) is 26.4. The fourth-order valence-corrected chi connectivity index (χ4v) is 3.50. The Morgan fingerprint density at radius 1 is 0.963 bits per heavy atom. The van der Waals surface area contributed by atoms with Gasteiger partial charge in [0.2, 0.25) is 5.91 Å². The van der Waals surface area contributed by atoms with E-state index in [4.69, 9.17) is 5.73 Å². The maximum absolute atomic E-state index is 12.4. The molecule has 5 nitrogen and oxygen atoms in total. The van der Waals surface area contributed by atoms with Crippen LogP contribution >= 0.6 is 0 Å². The lowest BCUT2D eigenvalue weighted by atomic mass is 9.90. The number of hydrogen-bond donors (Lipinski definition) is 2. The highest BCUT2D eigenvalue weighted by Crippen LogP contribution is 2.21. The molecule has 1 aliphatic rings. The second-order valence-corrected chi connectivity index (χ2v) is 7.10. The summed E-state index contributed by atoms with van der Waals surface area (Å²) in [6.45, 7) is 2.01. The third kappa shape index (κ3) is 5.41. The first-order valence-electron chi connectivity index (χ1n) is 9.54. The molecule has 0 saturated carbocycles. The Labute approximate surface area is 160 Å². The van der Waals surface area contributed by atoms with Gasteiger partial charge in [-0.15, -0.1) is 0 Å². The van der Waals surface area contributed by atoms with Gasteiger partial charge in [-0.1, -0.05) is 42.5 Å². The van der Waals surface area contributed by atoms with Crippen LogP contribution in [0.1, 0.15) is 34.3 Å². The van der Waals surface area contributed by atoms with Gasteiger partial charge in [0.25, 0.3) is 5.91 Å². The second-order valence-electron chi connectivity index (χ2n) is 7.10. The molecule has 0 atom stereocenters. The number of hydrogen-bond acceptors (Lipinski definition) is 3. The number of carbonyl (C=O) groups excluding carboxylic acids is 2. The normalized spacial score (nSPS) is 14.8. The van der Waals surface area contributed by atoms with E-state index in [0.717, 1.165) is 37.9 Å². The zero-order valence-corrected chi connectivity index (χ0v) is 15.6. The summed E-state index contributed by atoms with van der Waals surface area (Å²) in [6.07, 6.45) is 3.09. The van der Waals surface area contributed by atoms with Crippen molar-refractivity contribution in [3.63, 3.8) is 0 Å². The summed E-state index contributed by atoms with van der Waals surface area (Å²) in [5.41, 5.74) is 8.43. The predicted octanol–water partition coefficient (Wildman–Crippen LogP) is 2.36. The molecule has 0 bridgehead atoms. The van der Waals surface area contributed by atoms with Crippen LogP contribution < -0.4 is 11.1 Å².